The van der Waals surface area contributed by atoms with Gasteiger partial charge in [0, 0.05) is 25.7 Å². The number of halogens is 2. The maximum Gasteiger partial charge on any atom is 0.258 e. The monoisotopic (exact) mass is 425 g/mol. The predicted molar refractivity (Wildman–Crippen MR) is 105 cm³/mol. The molecule has 0 unspecified atom stereocenters. The molecule has 0 aliphatic heterocycles. The number of hydrogen-bond donors (Lipinski definition) is 2. The van der Waals surface area contributed by atoms with Crippen LogP contribution in [0.15, 0.2) is 41.3 Å². The van der Waals surface area contributed by atoms with Crippen molar-refractivity contribution in [2.75, 3.05) is 23.7 Å². The highest BCUT2D eigenvalue weighted by atomic mass is 32.2. The molecule has 0 aromatic heterocycles. The number of carbonyl (C=O) groups is 2. The number of hydrogen-bond acceptors (Lipinski definition) is 4. The summed E-state index contributed by atoms with van der Waals surface area (Å²) in [5.41, 5.74) is -0.547. The van der Waals surface area contributed by atoms with Gasteiger partial charge in [0.05, 0.1) is 16.1 Å². The van der Waals surface area contributed by atoms with Crippen molar-refractivity contribution in [3.8, 4) is 0 Å². The van der Waals surface area contributed by atoms with Gasteiger partial charge in [-0.05, 0) is 36.4 Å². The van der Waals surface area contributed by atoms with E-state index in [2.05, 4.69) is 10.6 Å². The van der Waals surface area contributed by atoms with E-state index in [-0.39, 0.29) is 29.4 Å². The van der Waals surface area contributed by atoms with Crippen molar-refractivity contribution in [3.63, 3.8) is 0 Å². The summed E-state index contributed by atoms with van der Waals surface area (Å²) in [4.78, 5) is 23.4. The zero-order chi connectivity index (χ0) is 21.8. The van der Waals surface area contributed by atoms with Crippen LogP contribution in [0.4, 0.5) is 20.2 Å². The van der Waals surface area contributed by atoms with E-state index in [1.54, 1.807) is 13.8 Å². The van der Waals surface area contributed by atoms with E-state index in [0.717, 1.165) is 24.3 Å². The molecule has 0 radical (unpaired) electrons. The lowest BCUT2D eigenvalue weighted by molar-refractivity contribution is -0.114. The number of benzene rings is 2. The molecular formula is C19H21F2N3O4S. The van der Waals surface area contributed by atoms with Crippen LogP contribution in [-0.4, -0.2) is 37.6 Å². The number of nitrogens with one attached hydrogen (secondary N) is 2. The van der Waals surface area contributed by atoms with Gasteiger partial charge in [0.25, 0.3) is 5.91 Å². The second kappa shape index (κ2) is 9.10. The maximum absolute atomic E-state index is 14.2. The molecule has 29 heavy (non-hydrogen) atoms. The summed E-state index contributed by atoms with van der Waals surface area (Å²) >= 11 is 0. The quantitative estimate of drug-likeness (QED) is 0.712. The van der Waals surface area contributed by atoms with Gasteiger partial charge in [-0.3, -0.25) is 9.59 Å². The highest BCUT2D eigenvalue weighted by molar-refractivity contribution is 7.89. The van der Waals surface area contributed by atoms with Crippen LogP contribution in [0, 0.1) is 11.6 Å². The molecule has 0 bridgehead atoms. The van der Waals surface area contributed by atoms with Crippen molar-refractivity contribution in [1.29, 1.82) is 0 Å². The van der Waals surface area contributed by atoms with Gasteiger partial charge in [0.1, 0.15) is 11.6 Å². The van der Waals surface area contributed by atoms with E-state index in [9.17, 15) is 26.8 Å². The first-order valence-corrected chi connectivity index (χ1v) is 10.2. The minimum absolute atomic E-state index is 0.0940. The molecule has 0 saturated carbocycles. The molecule has 2 aromatic carbocycles. The summed E-state index contributed by atoms with van der Waals surface area (Å²) in [6, 6.07) is 6.37. The number of sulfonamides is 1. The Morgan fingerprint density at radius 3 is 2.17 bits per heavy atom. The summed E-state index contributed by atoms with van der Waals surface area (Å²) in [5.74, 6) is -3.05. The van der Waals surface area contributed by atoms with Crippen LogP contribution < -0.4 is 10.6 Å². The summed E-state index contributed by atoms with van der Waals surface area (Å²) in [6.07, 6.45) is 0. The predicted octanol–water partition coefficient (Wildman–Crippen LogP) is 3.21. The minimum Gasteiger partial charge on any atom is -0.324 e. The topological polar surface area (TPSA) is 95.6 Å². The molecule has 0 aliphatic carbocycles. The molecule has 2 amide bonds. The molecule has 7 nitrogen and oxygen atoms in total. The molecule has 2 aromatic rings. The highest BCUT2D eigenvalue weighted by Gasteiger charge is 2.24. The molecule has 0 saturated heterocycles. The Hall–Kier alpha value is -2.85. The molecule has 0 spiro atoms. The van der Waals surface area contributed by atoms with Crippen LogP contribution in [0.25, 0.3) is 0 Å². The van der Waals surface area contributed by atoms with E-state index in [1.807, 2.05) is 0 Å². The van der Waals surface area contributed by atoms with Gasteiger partial charge < -0.3 is 10.6 Å². The van der Waals surface area contributed by atoms with Crippen molar-refractivity contribution >= 4 is 33.2 Å². The molecule has 0 aliphatic rings. The van der Waals surface area contributed by atoms with Gasteiger partial charge in [-0.25, -0.2) is 17.2 Å². The minimum atomic E-state index is -3.88. The van der Waals surface area contributed by atoms with Gasteiger partial charge in [-0.2, -0.15) is 4.31 Å². The average Bonchev–Trinajstić information content (AvgIpc) is 2.65. The van der Waals surface area contributed by atoms with Crippen LogP contribution in [0.3, 0.4) is 0 Å². The fraction of sp³-hybridized carbons (Fsp3) is 0.263. The van der Waals surface area contributed by atoms with Gasteiger partial charge in [0.15, 0.2) is 0 Å². The molecule has 0 atom stereocenters. The first-order chi connectivity index (χ1) is 13.6. The molecule has 10 heteroatoms. The van der Waals surface area contributed by atoms with E-state index < -0.39 is 39.0 Å². The zero-order valence-electron chi connectivity index (χ0n) is 16.1. The molecule has 156 valence electrons. The molecule has 0 heterocycles. The number of anilines is 2. The number of nitrogens with zero attached hydrogens (tertiary/aromatic N) is 1. The number of carbonyl (C=O) groups excluding carboxylic acids is 2. The summed E-state index contributed by atoms with van der Waals surface area (Å²) in [6.45, 7) is 4.97. The Kier molecular flexibility index (Phi) is 7.04. The standard InChI is InChI=1S/C19H21F2N3O4S/c1-4-24(5-2)29(27,28)14-7-9-16(20)15(11-14)19(26)23-13-6-8-17(21)18(10-13)22-12(3)25/h6-11H,4-5H2,1-3H3,(H,22,25)(H,23,26). The van der Waals surface area contributed by atoms with E-state index in [1.165, 1.54) is 23.4 Å². The Labute approximate surface area is 167 Å². The van der Waals surface area contributed by atoms with Crippen LogP contribution in [-0.2, 0) is 14.8 Å². The number of amides is 2. The third-order valence-corrected chi connectivity index (χ3v) is 6.11. The first-order valence-electron chi connectivity index (χ1n) is 8.78. The van der Waals surface area contributed by atoms with Crippen LogP contribution in [0.1, 0.15) is 31.1 Å². The first kappa shape index (κ1) is 22.4. The largest absolute Gasteiger partial charge is 0.324 e. The Balaban J connectivity index is 2.36. The number of rotatable bonds is 7. The van der Waals surface area contributed by atoms with Crippen LogP contribution in [0.5, 0.6) is 0 Å². The fourth-order valence-electron chi connectivity index (χ4n) is 2.64. The Bertz CT molecular complexity index is 1040. The fourth-order valence-corrected chi connectivity index (χ4v) is 4.12. The lowest BCUT2D eigenvalue weighted by Crippen LogP contribution is -2.31. The van der Waals surface area contributed by atoms with E-state index >= 15 is 0 Å². The molecule has 2 rings (SSSR count). The second-order valence-corrected chi connectivity index (χ2v) is 8.00. The lowest BCUT2D eigenvalue weighted by Gasteiger charge is -2.19. The normalized spacial score (nSPS) is 11.4. The Morgan fingerprint density at radius 1 is 0.966 bits per heavy atom. The van der Waals surface area contributed by atoms with Crippen molar-refractivity contribution in [3.05, 3.63) is 53.6 Å². The average molecular weight is 425 g/mol. The molecule has 2 N–H and O–H groups in total. The van der Waals surface area contributed by atoms with Crippen molar-refractivity contribution < 1.29 is 26.8 Å². The third kappa shape index (κ3) is 5.15. The third-order valence-electron chi connectivity index (χ3n) is 4.06. The SMILES string of the molecule is CCN(CC)S(=O)(=O)c1ccc(F)c(C(=O)Nc2ccc(F)c(NC(C)=O)c2)c1. The van der Waals surface area contributed by atoms with E-state index in [4.69, 9.17) is 0 Å². The molecule has 0 fully saturated rings. The van der Waals surface area contributed by atoms with Gasteiger partial charge >= 0.3 is 0 Å². The lowest BCUT2D eigenvalue weighted by atomic mass is 10.2. The van der Waals surface area contributed by atoms with Crippen LogP contribution in [0.2, 0.25) is 0 Å². The highest BCUT2D eigenvalue weighted by Crippen LogP contribution is 2.23. The molecular weight excluding hydrogens is 404 g/mol. The maximum atomic E-state index is 14.2. The summed E-state index contributed by atoms with van der Waals surface area (Å²) < 4.78 is 54.3. The second-order valence-electron chi connectivity index (χ2n) is 6.06. The van der Waals surface area contributed by atoms with Gasteiger partial charge in [-0.15, -0.1) is 0 Å². The van der Waals surface area contributed by atoms with Crippen molar-refractivity contribution in [2.24, 2.45) is 0 Å². The smallest absolute Gasteiger partial charge is 0.258 e. The zero-order valence-corrected chi connectivity index (χ0v) is 16.9. The Morgan fingerprint density at radius 2 is 1.59 bits per heavy atom. The van der Waals surface area contributed by atoms with Crippen LogP contribution >= 0.6 is 0 Å². The summed E-state index contributed by atoms with van der Waals surface area (Å²) in [7, 11) is -3.88. The van der Waals surface area contributed by atoms with Crippen molar-refractivity contribution in [2.45, 2.75) is 25.7 Å². The van der Waals surface area contributed by atoms with E-state index in [0.29, 0.717) is 0 Å². The van der Waals surface area contributed by atoms with Gasteiger partial charge in [0.2, 0.25) is 15.9 Å². The van der Waals surface area contributed by atoms with Crippen molar-refractivity contribution in [1.82, 2.24) is 4.31 Å². The van der Waals surface area contributed by atoms with Gasteiger partial charge in [-0.1, -0.05) is 13.8 Å². The summed E-state index contributed by atoms with van der Waals surface area (Å²) in [5, 5.41) is 4.64.